The van der Waals surface area contributed by atoms with Gasteiger partial charge >= 0.3 is 0 Å². The van der Waals surface area contributed by atoms with E-state index in [-0.39, 0.29) is 5.41 Å². The van der Waals surface area contributed by atoms with E-state index < -0.39 is 0 Å². The first kappa shape index (κ1) is 13.2. The molecule has 1 aromatic rings. The van der Waals surface area contributed by atoms with Gasteiger partial charge in [-0.3, -0.25) is 0 Å². The van der Waals surface area contributed by atoms with Crippen molar-refractivity contribution in [1.29, 1.82) is 0 Å². The van der Waals surface area contributed by atoms with Crippen molar-refractivity contribution in [2.24, 2.45) is 5.41 Å². The zero-order valence-electron chi connectivity index (χ0n) is 10.7. The lowest BCUT2D eigenvalue weighted by atomic mass is 9.96. The third kappa shape index (κ3) is 3.93. The van der Waals surface area contributed by atoms with Crippen LogP contribution in [-0.4, -0.2) is 23.5 Å². The van der Waals surface area contributed by atoms with Gasteiger partial charge in [0.1, 0.15) is 0 Å². The molecule has 0 heterocycles. The van der Waals surface area contributed by atoms with E-state index in [9.17, 15) is 0 Å². The predicted molar refractivity (Wildman–Crippen MR) is 74.8 cm³/mol. The summed E-state index contributed by atoms with van der Waals surface area (Å²) in [5, 5.41) is 0. The van der Waals surface area contributed by atoms with E-state index >= 15 is 0 Å². The summed E-state index contributed by atoms with van der Waals surface area (Å²) in [6.07, 6.45) is 1.05. The van der Waals surface area contributed by atoms with Crippen molar-refractivity contribution < 1.29 is 0 Å². The molecule has 2 heteroatoms. The second kappa shape index (κ2) is 5.44. The highest BCUT2D eigenvalue weighted by atomic mass is 32.1. The molecule has 0 spiro atoms. The van der Waals surface area contributed by atoms with Crippen molar-refractivity contribution in [2.45, 2.75) is 27.2 Å². The molecule has 0 aliphatic heterocycles. The largest absolute Gasteiger partial charge is 0.368 e. The van der Waals surface area contributed by atoms with Crippen LogP contribution in [-0.2, 0) is 6.42 Å². The SMILES string of the molecule is CN(CCc1ccccc1)C(=S)C(C)(C)C. The fraction of sp³-hybridized carbons (Fsp3) is 0.500. The molecule has 0 unspecified atom stereocenters. The van der Waals surface area contributed by atoms with Crippen molar-refractivity contribution in [3.05, 3.63) is 35.9 Å². The number of likely N-dealkylation sites (N-methyl/N-ethyl adjacent to an activating group) is 1. The van der Waals surface area contributed by atoms with Crippen LogP contribution in [0.3, 0.4) is 0 Å². The fourth-order valence-electron chi connectivity index (χ4n) is 1.62. The highest BCUT2D eigenvalue weighted by Gasteiger charge is 2.20. The molecule has 0 amide bonds. The predicted octanol–water partition coefficient (Wildman–Crippen LogP) is 3.53. The maximum absolute atomic E-state index is 5.46. The molecule has 1 rings (SSSR count). The molecule has 0 radical (unpaired) electrons. The molecular formula is C14H21NS. The van der Waals surface area contributed by atoms with Crippen LogP contribution >= 0.6 is 12.2 Å². The van der Waals surface area contributed by atoms with E-state index in [0.717, 1.165) is 18.0 Å². The molecule has 16 heavy (non-hydrogen) atoms. The van der Waals surface area contributed by atoms with Crippen LogP contribution in [0.5, 0.6) is 0 Å². The Morgan fingerprint density at radius 1 is 1.19 bits per heavy atom. The first-order valence-corrected chi connectivity index (χ1v) is 6.11. The van der Waals surface area contributed by atoms with Crippen LogP contribution in [0.2, 0.25) is 0 Å². The Bertz CT molecular complexity index is 338. The lowest BCUT2D eigenvalue weighted by molar-refractivity contribution is 0.442. The highest BCUT2D eigenvalue weighted by Crippen LogP contribution is 2.18. The Labute approximate surface area is 104 Å². The Balaban J connectivity index is 2.48. The monoisotopic (exact) mass is 235 g/mol. The van der Waals surface area contributed by atoms with Gasteiger partial charge in [-0.05, 0) is 12.0 Å². The van der Waals surface area contributed by atoms with Crippen LogP contribution in [0.4, 0.5) is 0 Å². The third-order valence-electron chi connectivity index (χ3n) is 2.57. The number of benzene rings is 1. The van der Waals surface area contributed by atoms with Gasteiger partial charge < -0.3 is 4.90 Å². The molecule has 88 valence electrons. The number of thiocarbonyl (C=S) groups is 1. The second-order valence-electron chi connectivity index (χ2n) is 5.21. The van der Waals surface area contributed by atoms with Gasteiger partial charge in [-0.15, -0.1) is 0 Å². The van der Waals surface area contributed by atoms with Gasteiger partial charge in [-0.25, -0.2) is 0 Å². The van der Waals surface area contributed by atoms with Crippen LogP contribution in [0, 0.1) is 5.41 Å². The molecule has 0 N–H and O–H groups in total. The normalized spacial score (nSPS) is 11.2. The number of nitrogens with zero attached hydrogens (tertiary/aromatic N) is 1. The molecule has 0 atom stereocenters. The van der Waals surface area contributed by atoms with Crippen LogP contribution < -0.4 is 0 Å². The van der Waals surface area contributed by atoms with E-state index in [1.165, 1.54) is 5.56 Å². The molecule has 0 bridgehead atoms. The van der Waals surface area contributed by atoms with Crippen molar-refractivity contribution in [3.8, 4) is 0 Å². The standard InChI is InChI=1S/C14H21NS/c1-14(2,3)13(16)15(4)11-10-12-8-6-5-7-9-12/h5-9H,10-11H2,1-4H3. The third-order valence-corrected chi connectivity index (χ3v) is 3.49. The maximum Gasteiger partial charge on any atom is 0.0831 e. The molecule has 0 saturated heterocycles. The van der Waals surface area contributed by atoms with Crippen molar-refractivity contribution >= 4 is 17.2 Å². The van der Waals surface area contributed by atoms with Gasteiger partial charge in [0.25, 0.3) is 0 Å². The molecule has 0 aliphatic carbocycles. The van der Waals surface area contributed by atoms with E-state index in [1.54, 1.807) is 0 Å². The zero-order valence-corrected chi connectivity index (χ0v) is 11.5. The molecule has 0 aromatic heterocycles. The molecule has 0 aliphatic rings. The van der Waals surface area contributed by atoms with Crippen molar-refractivity contribution in [1.82, 2.24) is 4.90 Å². The van der Waals surface area contributed by atoms with Gasteiger partial charge in [0.15, 0.2) is 0 Å². The Morgan fingerprint density at radius 3 is 2.25 bits per heavy atom. The maximum atomic E-state index is 5.46. The van der Waals surface area contributed by atoms with E-state index in [0.29, 0.717) is 0 Å². The van der Waals surface area contributed by atoms with E-state index in [4.69, 9.17) is 12.2 Å². The number of hydrogen-bond acceptors (Lipinski definition) is 1. The lowest BCUT2D eigenvalue weighted by Crippen LogP contribution is -2.36. The Hall–Kier alpha value is -0.890. The van der Waals surface area contributed by atoms with Crippen molar-refractivity contribution in [2.75, 3.05) is 13.6 Å². The summed E-state index contributed by atoms with van der Waals surface area (Å²) < 4.78 is 0. The molecule has 1 nitrogen and oxygen atoms in total. The van der Waals surface area contributed by atoms with Crippen molar-refractivity contribution in [3.63, 3.8) is 0 Å². The first-order chi connectivity index (χ1) is 7.41. The summed E-state index contributed by atoms with van der Waals surface area (Å²) in [5.41, 5.74) is 1.45. The smallest absolute Gasteiger partial charge is 0.0831 e. The number of hydrogen-bond donors (Lipinski definition) is 0. The van der Waals surface area contributed by atoms with Crippen LogP contribution in [0.15, 0.2) is 30.3 Å². The van der Waals surface area contributed by atoms with Crippen LogP contribution in [0.25, 0.3) is 0 Å². The molecule has 0 fully saturated rings. The summed E-state index contributed by atoms with van der Waals surface area (Å²) in [4.78, 5) is 3.21. The topological polar surface area (TPSA) is 3.24 Å². The minimum absolute atomic E-state index is 0.0841. The quantitative estimate of drug-likeness (QED) is 0.737. The van der Waals surface area contributed by atoms with Gasteiger partial charge in [0.2, 0.25) is 0 Å². The average Bonchev–Trinajstić information content (AvgIpc) is 2.25. The minimum atomic E-state index is 0.0841. The summed E-state index contributed by atoms with van der Waals surface area (Å²) in [7, 11) is 2.08. The van der Waals surface area contributed by atoms with E-state index in [1.807, 2.05) is 6.07 Å². The lowest BCUT2D eigenvalue weighted by Gasteiger charge is -2.29. The average molecular weight is 235 g/mol. The first-order valence-electron chi connectivity index (χ1n) is 5.71. The van der Waals surface area contributed by atoms with Gasteiger partial charge in [-0.2, -0.15) is 0 Å². The van der Waals surface area contributed by atoms with E-state index in [2.05, 4.69) is 57.0 Å². The Kier molecular flexibility index (Phi) is 4.48. The van der Waals surface area contributed by atoms with Gasteiger partial charge in [0, 0.05) is 19.0 Å². The van der Waals surface area contributed by atoms with Gasteiger partial charge in [-0.1, -0.05) is 63.3 Å². The minimum Gasteiger partial charge on any atom is -0.368 e. The van der Waals surface area contributed by atoms with Crippen LogP contribution in [0.1, 0.15) is 26.3 Å². The molecular weight excluding hydrogens is 214 g/mol. The summed E-state index contributed by atoms with van der Waals surface area (Å²) in [6, 6.07) is 10.5. The zero-order chi connectivity index (χ0) is 12.2. The van der Waals surface area contributed by atoms with Gasteiger partial charge in [0.05, 0.1) is 4.99 Å². The Morgan fingerprint density at radius 2 is 1.75 bits per heavy atom. The molecule has 0 saturated carbocycles. The second-order valence-corrected chi connectivity index (χ2v) is 5.60. The fourth-order valence-corrected chi connectivity index (χ4v) is 1.71. The summed E-state index contributed by atoms with van der Waals surface area (Å²) in [5.74, 6) is 0. The molecule has 1 aromatic carbocycles. The summed E-state index contributed by atoms with van der Waals surface area (Å²) >= 11 is 5.46. The number of rotatable bonds is 3. The summed E-state index contributed by atoms with van der Waals surface area (Å²) in [6.45, 7) is 7.47. The highest BCUT2D eigenvalue weighted by molar-refractivity contribution is 7.80.